The number of hydrogen-bond acceptors (Lipinski definition) is 5. The zero-order valence-electron chi connectivity index (χ0n) is 19.8. The number of nitrogens with one attached hydrogen (secondary N) is 2. The summed E-state index contributed by atoms with van der Waals surface area (Å²) in [4.78, 5) is 13.5. The number of ether oxygens (including phenoxy) is 1. The molecule has 34 heavy (non-hydrogen) atoms. The van der Waals surface area contributed by atoms with Gasteiger partial charge in [-0.25, -0.2) is 4.39 Å². The molecule has 0 radical (unpaired) electrons. The van der Waals surface area contributed by atoms with E-state index in [4.69, 9.17) is 4.74 Å². The number of carbonyl (C=O) groups is 1. The largest absolute Gasteiger partial charge is 0.494 e. The van der Waals surface area contributed by atoms with E-state index in [1.54, 1.807) is 13.0 Å². The van der Waals surface area contributed by atoms with E-state index in [0.29, 0.717) is 11.4 Å². The zero-order chi connectivity index (χ0) is 24.4. The van der Waals surface area contributed by atoms with Gasteiger partial charge < -0.3 is 25.4 Å². The molecule has 1 amide bonds. The average molecular weight is 464 g/mol. The second kappa shape index (κ2) is 9.73. The minimum atomic E-state index is -0.649. The van der Waals surface area contributed by atoms with Gasteiger partial charge in [0.05, 0.1) is 18.8 Å². The quantitative estimate of drug-likeness (QED) is 0.447. The number of rotatable bonds is 6. The van der Waals surface area contributed by atoms with Gasteiger partial charge in [0.15, 0.2) is 0 Å². The Morgan fingerprint density at radius 1 is 1.15 bits per heavy atom. The van der Waals surface area contributed by atoms with E-state index in [0.717, 1.165) is 34.5 Å². The highest BCUT2D eigenvalue weighted by Gasteiger charge is 2.33. The van der Waals surface area contributed by atoms with Crippen LogP contribution >= 0.6 is 0 Å². The molecule has 1 aliphatic heterocycles. The number of amides is 1. The summed E-state index contributed by atoms with van der Waals surface area (Å²) in [5.74, 6) is -0.0468. The van der Waals surface area contributed by atoms with Crippen LogP contribution in [0.2, 0.25) is 0 Å². The van der Waals surface area contributed by atoms with Crippen LogP contribution in [0.25, 0.3) is 11.1 Å². The highest BCUT2D eigenvalue weighted by molar-refractivity contribution is 5.89. The third-order valence-corrected chi connectivity index (χ3v) is 6.14. The lowest BCUT2D eigenvalue weighted by atomic mass is 9.88. The van der Waals surface area contributed by atoms with Gasteiger partial charge in [-0.15, -0.1) is 0 Å². The maximum atomic E-state index is 13.7. The highest BCUT2D eigenvalue weighted by Crippen LogP contribution is 2.43. The Hall–Kier alpha value is -3.58. The first kappa shape index (κ1) is 23.6. The number of aliphatic hydroxyl groups excluding tert-OH is 1. The van der Waals surface area contributed by atoms with E-state index in [-0.39, 0.29) is 23.8 Å². The van der Waals surface area contributed by atoms with Crippen molar-refractivity contribution in [2.45, 2.75) is 45.5 Å². The summed E-state index contributed by atoms with van der Waals surface area (Å²) in [7, 11) is 1.52. The Kier molecular flexibility index (Phi) is 6.75. The molecule has 1 heterocycles. The van der Waals surface area contributed by atoms with Crippen LogP contribution in [-0.4, -0.2) is 30.4 Å². The number of carbonyl (C=O) groups excluding carboxylic acids is 1. The molecule has 0 fully saturated rings. The van der Waals surface area contributed by atoms with Crippen molar-refractivity contribution in [1.82, 2.24) is 0 Å². The maximum Gasteiger partial charge on any atom is 0.221 e. The molecule has 4 rings (SSSR count). The Bertz CT molecular complexity index is 1200. The smallest absolute Gasteiger partial charge is 0.221 e. The molecular weight excluding hydrogens is 433 g/mol. The molecule has 0 saturated carbocycles. The molecular formula is C27H30FN3O3. The van der Waals surface area contributed by atoms with E-state index >= 15 is 0 Å². The number of benzene rings is 3. The van der Waals surface area contributed by atoms with Gasteiger partial charge in [-0.3, -0.25) is 4.79 Å². The molecule has 1 aliphatic rings. The molecule has 3 aromatic rings. The first-order chi connectivity index (χ1) is 16.3. The molecule has 0 spiro atoms. The second-order valence-electron chi connectivity index (χ2n) is 8.70. The van der Waals surface area contributed by atoms with Crippen molar-refractivity contribution in [2.24, 2.45) is 0 Å². The highest BCUT2D eigenvalue weighted by atomic mass is 19.1. The lowest BCUT2D eigenvalue weighted by Crippen LogP contribution is -2.45. The van der Waals surface area contributed by atoms with Crippen LogP contribution in [0.4, 0.5) is 21.5 Å². The average Bonchev–Trinajstić information content (AvgIpc) is 2.79. The van der Waals surface area contributed by atoms with Gasteiger partial charge in [-0.1, -0.05) is 18.2 Å². The van der Waals surface area contributed by atoms with Gasteiger partial charge in [0, 0.05) is 30.4 Å². The van der Waals surface area contributed by atoms with E-state index in [9.17, 15) is 14.3 Å². The first-order valence-corrected chi connectivity index (χ1v) is 11.3. The molecule has 3 atom stereocenters. The molecule has 3 aromatic carbocycles. The zero-order valence-corrected chi connectivity index (χ0v) is 19.8. The lowest BCUT2D eigenvalue weighted by molar-refractivity contribution is -0.114. The second-order valence-corrected chi connectivity index (χ2v) is 8.70. The SMILES string of the molecule is COc1cc(F)ccc1N[C@@H]1C[C@H](C)N(C(C)O)c2ccc(-c3cccc(NC(C)=O)c3)cc21. The number of halogens is 1. The van der Waals surface area contributed by atoms with Gasteiger partial charge in [-0.05, 0) is 73.4 Å². The van der Waals surface area contributed by atoms with Crippen molar-refractivity contribution in [3.8, 4) is 16.9 Å². The summed E-state index contributed by atoms with van der Waals surface area (Å²) in [6.45, 7) is 5.33. The van der Waals surface area contributed by atoms with Crippen molar-refractivity contribution in [3.05, 3.63) is 72.0 Å². The molecule has 178 valence electrons. The van der Waals surface area contributed by atoms with Crippen molar-refractivity contribution in [1.29, 1.82) is 0 Å². The van der Waals surface area contributed by atoms with Crippen molar-refractivity contribution < 1.29 is 19.0 Å². The van der Waals surface area contributed by atoms with Gasteiger partial charge in [0.25, 0.3) is 0 Å². The Labute approximate surface area is 199 Å². The molecule has 0 bridgehead atoms. The minimum Gasteiger partial charge on any atom is -0.494 e. The predicted octanol–water partition coefficient (Wildman–Crippen LogP) is 5.55. The van der Waals surface area contributed by atoms with Crippen LogP contribution in [0.3, 0.4) is 0 Å². The van der Waals surface area contributed by atoms with E-state index < -0.39 is 6.23 Å². The standard InChI is InChI=1S/C27H30FN3O3/c1-16-12-25(30-24-10-9-21(28)15-27(24)34-4)23-14-20(8-11-26(23)31(16)18(3)33)19-6-5-7-22(13-19)29-17(2)32/h5-11,13-16,18,25,30,33H,12H2,1-4H3,(H,29,32)/t16-,18?,25+/m0/s1. The van der Waals surface area contributed by atoms with Crippen LogP contribution in [-0.2, 0) is 4.79 Å². The number of hydrogen-bond donors (Lipinski definition) is 3. The van der Waals surface area contributed by atoms with E-state index in [1.807, 2.05) is 41.3 Å². The topological polar surface area (TPSA) is 73.8 Å². The number of fused-ring (bicyclic) bond motifs is 1. The molecule has 0 aromatic heterocycles. The Balaban J connectivity index is 1.77. The summed E-state index contributed by atoms with van der Waals surface area (Å²) in [5, 5.41) is 16.9. The Morgan fingerprint density at radius 2 is 1.91 bits per heavy atom. The fourth-order valence-corrected chi connectivity index (χ4v) is 4.73. The molecule has 7 heteroatoms. The summed E-state index contributed by atoms with van der Waals surface area (Å²) in [6, 6.07) is 18.3. The molecule has 1 unspecified atom stereocenters. The van der Waals surface area contributed by atoms with Crippen LogP contribution in [0.15, 0.2) is 60.7 Å². The van der Waals surface area contributed by atoms with Crippen LogP contribution in [0.1, 0.15) is 38.8 Å². The first-order valence-electron chi connectivity index (χ1n) is 11.3. The Morgan fingerprint density at radius 3 is 2.62 bits per heavy atom. The lowest BCUT2D eigenvalue weighted by Gasteiger charge is -2.43. The van der Waals surface area contributed by atoms with Gasteiger partial charge >= 0.3 is 0 Å². The number of methoxy groups -OCH3 is 1. The number of nitrogens with zero attached hydrogens (tertiary/aromatic N) is 1. The van der Waals surface area contributed by atoms with Crippen LogP contribution in [0.5, 0.6) is 5.75 Å². The summed E-state index contributed by atoms with van der Waals surface area (Å²) in [5.41, 5.74) is 5.35. The van der Waals surface area contributed by atoms with Crippen LogP contribution < -0.4 is 20.3 Å². The van der Waals surface area contributed by atoms with Gasteiger partial charge in [0.2, 0.25) is 5.91 Å². The maximum absolute atomic E-state index is 13.7. The molecule has 3 N–H and O–H groups in total. The van der Waals surface area contributed by atoms with Crippen molar-refractivity contribution in [3.63, 3.8) is 0 Å². The minimum absolute atomic E-state index is 0.0744. The molecule has 6 nitrogen and oxygen atoms in total. The molecule has 0 aliphatic carbocycles. The van der Waals surface area contributed by atoms with Gasteiger partial charge in [0.1, 0.15) is 17.8 Å². The summed E-state index contributed by atoms with van der Waals surface area (Å²) < 4.78 is 19.1. The van der Waals surface area contributed by atoms with Crippen molar-refractivity contribution in [2.75, 3.05) is 22.6 Å². The fourth-order valence-electron chi connectivity index (χ4n) is 4.73. The third-order valence-electron chi connectivity index (χ3n) is 6.14. The summed E-state index contributed by atoms with van der Waals surface area (Å²) >= 11 is 0. The van der Waals surface area contributed by atoms with Crippen molar-refractivity contribution >= 4 is 23.0 Å². The molecule has 0 saturated heterocycles. The van der Waals surface area contributed by atoms with E-state index in [1.165, 1.54) is 26.2 Å². The normalized spacial score (nSPS) is 18.1. The monoisotopic (exact) mass is 463 g/mol. The van der Waals surface area contributed by atoms with E-state index in [2.05, 4.69) is 23.6 Å². The predicted molar refractivity (Wildman–Crippen MR) is 134 cm³/mol. The number of anilines is 3. The summed E-state index contributed by atoms with van der Waals surface area (Å²) in [6.07, 6.45) is 0.0809. The van der Waals surface area contributed by atoms with Crippen LogP contribution in [0, 0.1) is 5.82 Å². The third kappa shape index (κ3) is 4.84. The fraction of sp³-hybridized carbons (Fsp3) is 0.296. The van der Waals surface area contributed by atoms with Gasteiger partial charge in [-0.2, -0.15) is 0 Å². The number of aliphatic hydroxyl groups is 1.